The molecule has 4 N–H and O–H groups in total. The Morgan fingerprint density at radius 1 is 1.09 bits per heavy atom. The molecule has 2 aliphatic heterocycles. The third kappa shape index (κ3) is 6.98. The molecule has 0 radical (unpaired) electrons. The van der Waals surface area contributed by atoms with E-state index in [2.05, 4.69) is 20.9 Å². The van der Waals surface area contributed by atoms with Crippen LogP contribution in [0.3, 0.4) is 0 Å². The first kappa shape index (κ1) is 32.1. The molecule has 1 aromatic carbocycles. The zero-order chi connectivity index (χ0) is 31.8. The van der Waals surface area contributed by atoms with E-state index in [-0.39, 0.29) is 36.4 Å². The minimum absolute atomic E-state index is 0.0591. The number of carbonyl (C=O) groups excluding carboxylic acids is 5. The maximum absolute atomic E-state index is 13.9. The summed E-state index contributed by atoms with van der Waals surface area (Å²) in [5.74, 6) is -4.38. The normalized spacial score (nSPS) is 23.8. The van der Waals surface area contributed by atoms with Crippen molar-refractivity contribution in [1.29, 1.82) is 0 Å². The van der Waals surface area contributed by atoms with E-state index in [4.69, 9.17) is 23.2 Å². The Labute approximate surface area is 260 Å². The van der Waals surface area contributed by atoms with Crippen LogP contribution in [0.25, 0.3) is 10.9 Å². The number of hydrogen-bond acceptors (Lipinski definition) is 5. The molecule has 4 amide bonds. The highest BCUT2D eigenvalue weighted by atomic mass is 35.5. The summed E-state index contributed by atoms with van der Waals surface area (Å²) in [6, 6.07) is 2.42. The van der Waals surface area contributed by atoms with Crippen molar-refractivity contribution in [2.24, 2.45) is 17.8 Å². The molecular formula is C29H32Cl2F3N5O5. The van der Waals surface area contributed by atoms with E-state index in [1.807, 2.05) is 0 Å². The molecule has 5 atom stereocenters. The summed E-state index contributed by atoms with van der Waals surface area (Å²) in [5, 5.41) is 8.80. The highest BCUT2D eigenvalue weighted by Gasteiger charge is 2.50. The van der Waals surface area contributed by atoms with Crippen molar-refractivity contribution in [3.05, 3.63) is 33.9 Å². The van der Waals surface area contributed by atoms with Gasteiger partial charge in [0.1, 0.15) is 11.7 Å². The molecule has 0 spiro atoms. The van der Waals surface area contributed by atoms with Gasteiger partial charge in [0.2, 0.25) is 17.6 Å². The standard InChI is InChI=1S/C29H32Cl2F3N5O5/c30-16-10-19(31)18-12-22(37-20(18)11-16)28(44)39-13-15-3-1-4-17(15)23(39)26(42)38-21(9-14-5-8-36-25(14)41)24(40)27(43)35-7-2-6-29(32,33)34/h10-12,14-15,17,21,23,37H,1-9,13H2,(H,35,43)(H,36,41)(H,38,42). The van der Waals surface area contributed by atoms with Crippen molar-refractivity contribution in [2.75, 3.05) is 19.6 Å². The van der Waals surface area contributed by atoms with E-state index in [9.17, 15) is 37.1 Å². The van der Waals surface area contributed by atoms with Crippen molar-refractivity contribution in [3.8, 4) is 0 Å². The van der Waals surface area contributed by atoms with Crippen LogP contribution in [0.1, 0.15) is 55.4 Å². The quantitative estimate of drug-likeness (QED) is 0.228. The van der Waals surface area contributed by atoms with E-state index in [0.717, 1.165) is 12.8 Å². The van der Waals surface area contributed by atoms with Gasteiger partial charge >= 0.3 is 6.18 Å². The molecule has 3 fully saturated rings. The number of alkyl halides is 3. The monoisotopic (exact) mass is 657 g/mol. The number of carbonyl (C=O) groups is 5. The molecule has 238 valence electrons. The molecule has 2 aromatic rings. The van der Waals surface area contributed by atoms with Crippen LogP contribution < -0.4 is 16.0 Å². The third-order valence-corrected chi connectivity index (χ3v) is 9.30. The third-order valence-electron chi connectivity index (χ3n) is 8.77. The first-order chi connectivity index (χ1) is 20.8. The largest absolute Gasteiger partial charge is 0.389 e. The number of aromatic amines is 1. The van der Waals surface area contributed by atoms with Gasteiger partial charge in [-0.1, -0.05) is 29.6 Å². The van der Waals surface area contributed by atoms with Gasteiger partial charge in [-0.15, -0.1) is 0 Å². The number of benzene rings is 1. The fourth-order valence-electron chi connectivity index (χ4n) is 6.66. The van der Waals surface area contributed by atoms with Crippen LogP contribution in [0.4, 0.5) is 13.2 Å². The number of likely N-dealkylation sites (tertiary alicyclic amines) is 1. The molecule has 44 heavy (non-hydrogen) atoms. The number of halogens is 5. The average Bonchev–Trinajstić information content (AvgIpc) is 3.73. The van der Waals surface area contributed by atoms with Crippen LogP contribution in [-0.2, 0) is 19.2 Å². The Kier molecular flexibility index (Phi) is 9.45. The maximum Gasteiger partial charge on any atom is 0.389 e. The number of nitrogens with zero attached hydrogens (tertiary/aromatic N) is 1. The van der Waals surface area contributed by atoms with E-state index < -0.39 is 60.5 Å². The Bertz CT molecular complexity index is 1480. The lowest BCUT2D eigenvalue weighted by molar-refractivity contribution is -0.142. The molecule has 5 rings (SSSR count). The molecule has 0 bridgehead atoms. The Hall–Kier alpha value is -3.32. The molecule has 1 saturated carbocycles. The van der Waals surface area contributed by atoms with Crippen LogP contribution >= 0.6 is 23.2 Å². The number of fused-ring (bicyclic) bond motifs is 2. The smallest absolute Gasteiger partial charge is 0.356 e. The number of amides is 4. The fourth-order valence-corrected chi connectivity index (χ4v) is 7.21. The lowest BCUT2D eigenvalue weighted by atomic mass is 9.91. The molecule has 3 aliphatic rings. The minimum atomic E-state index is -4.41. The number of nitrogens with one attached hydrogen (secondary N) is 4. The summed E-state index contributed by atoms with van der Waals surface area (Å²) < 4.78 is 37.5. The van der Waals surface area contributed by atoms with E-state index in [0.29, 0.717) is 46.9 Å². The maximum atomic E-state index is 13.9. The van der Waals surface area contributed by atoms with Crippen molar-refractivity contribution in [3.63, 3.8) is 0 Å². The van der Waals surface area contributed by atoms with Crippen LogP contribution in [-0.4, -0.2) is 77.2 Å². The van der Waals surface area contributed by atoms with Crippen molar-refractivity contribution in [2.45, 2.75) is 63.2 Å². The average molecular weight is 659 g/mol. The van der Waals surface area contributed by atoms with Crippen molar-refractivity contribution in [1.82, 2.24) is 25.8 Å². The second kappa shape index (κ2) is 13.0. The first-order valence-electron chi connectivity index (χ1n) is 14.6. The topological polar surface area (TPSA) is 140 Å². The molecule has 1 aromatic heterocycles. The van der Waals surface area contributed by atoms with E-state index in [1.165, 1.54) is 4.90 Å². The van der Waals surface area contributed by atoms with Gasteiger partial charge in [-0.25, -0.2) is 0 Å². The van der Waals surface area contributed by atoms with E-state index in [1.54, 1.807) is 18.2 Å². The summed E-state index contributed by atoms with van der Waals surface area (Å²) in [6.45, 7) is 0.300. The number of Topliss-reactive ketones (excluding diaryl/α,β-unsaturated/α-hetero) is 1. The predicted molar refractivity (Wildman–Crippen MR) is 155 cm³/mol. The summed E-state index contributed by atoms with van der Waals surface area (Å²) in [6.07, 6.45) is -3.37. The second-order valence-electron chi connectivity index (χ2n) is 11.7. The second-order valence-corrected chi connectivity index (χ2v) is 12.5. The van der Waals surface area contributed by atoms with Gasteiger partial charge in [0.05, 0.1) is 11.1 Å². The van der Waals surface area contributed by atoms with Crippen LogP contribution in [0.2, 0.25) is 10.0 Å². The van der Waals surface area contributed by atoms with Crippen molar-refractivity contribution >= 4 is 63.5 Å². The fraction of sp³-hybridized carbons (Fsp3) is 0.552. The molecule has 15 heteroatoms. The lowest BCUT2D eigenvalue weighted by Crippen LogP contribution is -2.55. The number of ketones is 1. The highest BCUT2D eigenvalue weighted by molar-refractivity contribution is 6.39. The SMILES string of the molecule is O=C(NCCCC(F)(F)F)C(=O)C(CC1CCNC1=O)NC(=O)C1C2CCCC2CN1C(=O)c1cc2c(Cl)cc(Cl)cc2[nH]1. The van der Waals surface area contributed by atoms with Crippen molar-refractivity contribution < 1.29 is 37.1 Å². The van der Waals surface area contributed by atoms with Gasteiger partial charge in [-0.2, -0.15) is 13.2 Å². The summed E-state index contributed by atoms with van der Waals surface area (Å²) in [7, 11) is 0. The number of aromatic nitrogens is 1. The molecule has 5 unspecified atom stereocenters. The lowest BCUT2D eigenvalue weighted by Gasteiger charge is -2.29. The van der Waals surface area contributed by atoms with Crippen LogP contribution in [0, 0.1) is 17.8 Å². The van der Waals surface area contributed by atoms with Gasteiger partial charge < -0.3 is 25.8 Å². The summed E-state index contributed by atoms with van der Waals surface area (Å²) in [4.78, 5) is 70.4. The number of rotatable bonds is 10. The summed E-state index contributed by atoms with van der Waals surface area (Å²) in [5.41, 5.74) is 0.753. The van der Waals surface area contributed by atoms with Crippen LogP contribution in [0.15, 0.2) is 18.2 Å². The van der Waals surface area contributed by atoms with Gasteiger partial charge in [-0.3, -0.25) is 24.0 Å². The van der Waals surface area contributed by atoms with Gasteiger partial charge in [-0.05, 0) is 62.1 Å². The first-order valence-corrected chi connectivity index (χ1v) is 15.3. The zero-order valence-corrected chi connectivity index (χ0v) is 25.1. The van der Waals surface area contributed by atoms with Gasteiger partial charge in [0.25, 0.3) is 11.8 Å². The Morgan fingerprint density at radius 2 is 1.86 bits per heavy atom. The highest BCUT2D eigenvalue weighted by Crippen LogP contribution is 2.43. The summed E-state index contributed by atoms with van der Waals surface area (Å²) >= 11 is 12.4. The molecule has 3 heterocycles. The molecular weight excluding hydrogens is 626 g/mol. The predicted octanol–water partition coefficient (Wildman–Crippen LogP) is 3.75. The molecule has 2 saturated heterocycles. The Balaban J connectivity index is 1.35. The molecule has 10 nitrogen and oxygen atoms in total. The van der Waals surface area contributed by atoms with E-state index >= 15 is 0 Å². The zero-order valence-electron chi connectivity index (χ0n) is 23.6. The van der Waals surface area contributed by atoms with Gasteiger partial charge in [0, 0.05) is 47.9 Å². The van der Waals surface area contributed by atoms with Gasteiger partial charge in [0.15, 0.2) is 0 Å². The molecule has 1 aliphatic carbocycles. The van der Waals surface area contributed by atoms with Crippen LogP contribution in [0.5, 0.6) is 0 Å². The number of hydrogen-bond donors (Lipinski definition) is 4. The Morgan fingerprint density at radius 3 is 2.57 bits per heavy atom. The minimum Gasteiger partial charge on any atom is -0.356 e. The number of H-pyrrole nitrogens is 1.